The Morgan fingerprint density at radius 1 is 1.18 bits per heavy atom. The van der Waals surface area contributed by atoms with Crippen molar-refractivity contribution in [3.8, 4) is 0 Å². The van der Waals surface area contributed by atoms with Crippen LogP contribution in [0.1, 0.15) is 51.2 Å². The van der Waals surface area contributed by atoms with Gasteiger partial charge in [0.1, 0.15) is 11.1 Å². The minimum absolute atomic E-state index is 0.0192. The number of hydrogen-bond donors (Lipinski definition) is 1. The monoisotopic (exact) mass is 382 g/mol. The number of carbonyl (C=O) groups excluding carboxylic acids is 2. The molecule has 148 valence electrons. The van der Waals surface area contributed by atoms with Crippen LogP contribution in [0.5, 0.6) is 0 Å². The summed E-state index contributed by atoms with van der Waals surface area (Å²) in [4.78, 5) is 39.4. The second-order valence-corrected chi connectivity index (χ2v) is 9.35. The number of urea groups is 1. The highest BCUT2D eigenvalue weighted by Crippen LogP contribution is 2.46. The number of nitrogens with one attached hydrogen (secondary N) is 1. The predicted octanol–water partition coefficient (Wildman–Crippen LogP) is 3.74. The number of aryl methyl sites for hydroxylation is 1. The largest absolute Gasteiger partial charge is 0.423 e. The molecule has 4 rings (SSSR count). The van der Waals surface area contributed by atoms with E-state index in [9.17, 15) is 14.4 Å². The molecular weight excluding hydrogens is 356 g/mol. The number of nitrogens with zero attached hydrogens (tertiary/aromatic N) is 1. The van der Waals surface area contributed by atoms with Gasteiger partial charge in [0, 0.05) is 11.5 Å². The van der Waals surface area contributed by atoms with Gasteiger partial charge in [0.25, 0.3) is 5.91 Å². The van der Waals surface area contributed by atoms with Gasteiger partial charge in [-0.2, -0.15) is 0 Å². The van der Waals surface area contributed by atoms with Crippen LogP contribution in [-0.2, 0) is 11.3 Å². The lowest BCUT2D eigenvalue weighted by Gasteiger charge is -2.43. The number of carbonyl (C=O) groups is 2. The Kier molecular flexibility index (Phi) is 4.14. The molecule has 1 saturated carbocycles. The second kappa shape index (κ2) is 6.19. The third-order valence-electron chi connectivity index (χ3n) is 5.94. The first-order valence-corrected chi connectivity index (χ1v) is 9.76. The number of fused-ring (bicyclic) bond motifs is 1. The van der Waals surface area contributed by atoms with Gasteiger partial charge >= 0.3 is 11.7 Å². The molecule has 1 aromatic carbocycles. The first-order chi connectivity index (χ1) is 13.1. The van der Waals surface area contributed by atoms with Gasteiger partial charge in [-0.3, -0.25) is 9.69 Å². The van der Waals surface area contributed by atoms with Crippen molar-refractivity contribution in [3.63, 3.8) is 0 Å². The summed E-state index contributed by atoms with van der Waals surface area (Å²) in [6.07, 6.45) is 2.30. The first kappa shape index (κ1) is 18.7. The van der Waals surface area contributed by atoms with Gasteiger partial charge in [-0.25, -0.2) is 9.59 Å². The molecule has 28 heavy (non-hydrogen) atoms. The molecule has 1 spiro atoms. The maximum Gasteiger partial charge on any atom is 0.336 e. The molecule has 2 aromatic rings. The summed E-state index contributed by atoms with van der Waals surface area (Å²) >= 11 is 0. The summed E-state index contributed by atoms with van der Waals surface area (Å²) in [6, 6.07) is 6.56. The van der Waals surface area contributed by atoms with E-state index in [1.54, 1.807) is 6.07 Å². The molecule has 1 saturated heterocycles. The first-order valence-electron chi connectivity index (χ1n) is 9.76. The summed E-state index contributed by atoms with van der Waals surface area (Å²) in [5, 5.41) is 3.72. The van der Waals surface area contributed by atoms with E-state index in [1.165, 1.54) is 11.0 Å². The molecule has 0 unspecified atom stereocenters. The van der Waals surface area contributed by atoms with Gasteiger partial charge in [-0.05, 0) is 54.7 Å². The Balaban J connectivity index is 1.70. The van der Waals surface area contributed by atoms with Crippen LogP contribution in [-0.4, -0.2) is 22.4 Å². The normalized spacial score (nSPS) is 26.9. The van der Waals surface area contributed by atoms with E-state index < -0.39 is 11.2 Å². The molecule has 2 atom stereocenters. The molecule has 6 heteroatoms. The lowest BCUT2D eigenvalue weighted by molar-refractivity contribution is -0.135. The van der Waals surface area contributed by atoms with E-state index in [0.717, 1.165) is 17.4 Å². The molecule has 2 aliphatic rings. The number of amides is 3. The summed E-state index contributed by atoms with van der Waals surface area (Å²) in [5.41, 5.74) is 0.715. The second-order valence-electron chi connectivity index (χ2n) is 9.35. The molecule has 1 aliphatic heterocycles. The van der Waals surface area contributed by atoms with Crippen LogP contribution in [0.4, 0.5) is 4.79 Å². The Morgan fingerprint density at radius 2 is 1.93 bits per heavy atom. The average Bonchev–Trinajstić information content (AvgIpc) is 2.75. The molecule has 2 fully saturated rings. The fraction of sp³-hybridized carbons (Fsp3) is 0.500. The highest BCUT2D eigenvalue weighted by Gasteiger charge is 2.56. The predicted molar refractivity (Wildman–Crippen MR) is 106 cm³/mol. The minimum Gasteiger partial charge on any atom is -0.423 e. The summed E-state index contributed by atoms with van der Waals surface area (Å²) in [5.74, 6) is 0.158. The lowest BCUT2D eigenvalue weighted by Crippen LogP contribution is -2.54. The van der Waals surface area contributed by atoms with Crippen molar-refractivity contribution in [2.45, 2.75) is 59.0 Å². The zero-order valence-corrected chi connectivity index (χ0v) is 16.8. The standard InChI is InChI=1S/C22H26N2O4/c1-13-5-6-16-15(8-18(25)28-17(16)7-13)11-24-19(26)22(23-20(24)27)10-14(2)9-21(3,4)12-22/h5-8,14H,9-12H2,1-4H3,(H,23,27)/t14-,22+/m1/s1. The minimum atomic E-state index is -0.843. The average molecular weight is 382 g/mol. The van der Waals surface area contributed by atoms with Crippen LogP contribution < -0.4 is 10.9 Å². The van der Waals surface area contributed by atoms with Gasteiger partial charge in [-0.15, -0.1) is 0 Å². The molecule has 1 N–H and O–H groups in total. The Morgan fingerprint density at radius 3 is 2.64 bits per heavy atom. The van der Waals surface area contributed by atoms with Crippen molar-refractivity contribution >= 4 is 22.9 Å². The van der Waals surface area contributed by atoms with Crippen molar-refractivity contribution in [1.29, 1.82) is 0 Å². The fourth-order valence-corrected chi connectivity index (χ4v) is 5.29. The number of benzene rings is 1. The van der Waals surface area contributed by atoms with E-state index in [-0.39, 0.29) is 23.9 Å². The highest BCUT2D eigenvalue weighted by atomic mass is 16.4. The molecule has 0 bridgehead atoms. The third-order valence-corrected chi connectivity index (χ3v) is 5.94. The number of hydrogen-bond acceptors (Lipinski definition) is 4. The number of rotatable bonds is 2. The molecule has 3 amide bonds. The summed E-state index contributed by atoms with van der Waals surface area (Å²) in [6.45, 7) is 8.39. The van der Waals surface area contributed by atoms with Crippen LogP contribution in [0.15, 0.2) is 33.5 Å². The van der Waals surface area contributed by atoms with Gasteiger partial charge in [-0.1, -0.05) is 32.9 Å². The zero-order valence-electron chi connectivity index (χ0n) is 16.8. The SMILES string of the molecule is Cc1ccc2c(CN3C(=O)N[C@]4(C[C@H](C)CC(C)(C)C4)C3=O)cc(=O)oc2c1. The van der Waals surface area contributed by atoms with Crippen LogP contribution in [0.25, 0.3) is 11.0 Å². The van der Waals surface area contributed by atoms with Crippen molar-refractivity contribution in [2.75, 3.05) is 0 Å². The van der Waals surface area contributed by atoms with Crippen LogP contribution >= 0.6 is 0 Å². The van der Waals surface area contributed by atoms with Gasteiger partial charge in [0.15, 0.2) is 0 Å². The van der Waals surface area contributed by atoms with E-state index in [2.05, 4.69) is 26.1 Å². The summed E-state index contributed by atoms with van der Waals surface area (Å²) in [7, 11) is 0. The van der Waals surface area contributed by atoms with E-state index >= 15 is 0 Å². The maximum absolute atomic E-state index is 13.3. The Bertz CT molecular complexity index is 1040. The van der Waals surface area contributed by atoms with Gasteiger partial charge in [0.2, 0.25) is 0 Å². The van der Waals surface area contributed by atoms with Crippen molar-refractivity contribution in [3.05, 3.63) is 45.8 Å². The maximum atomic E-state index is 13.3. The van der Waals surface area contributed by atoms with E-state index in [1.807, 2.05) is 19.1 Å². The topological polar surface area (TPSA) is 79.6 Å². The smallest absolute Gasteiger partial charge is 0.336 e. The molecular formula is C22H26N2O4. The zero-order chi connectivity index (χ0) is 20.3. The highest BCUT2D eigenvalue weighted by molar-refractivity contribution is 6.07. The third kappa shape index (κ3) is 3.11. The van der Waals surface area contributed by atoms with Crippen LogP contribution in [0.3, 0.4) is 0 Å². The molecule has 0 radical (unpaired) electrons. The quantitative estimate of drug-likeness (QED) is 0.634. The van der Waals surface area contributed by atoms with Crippen molar-refractivity contribution < 1.29 is 14.0 Å². The Hall–Kier alpha value is -2.63. The van der Waals surface area contributed by atoms with Crippen LogP contribution in [0, 0.1) is 18.3 Å². The van der Waals surface area contributed by atoms with Crippen LogP contribution in [0.2, 0.25) is 0 Å². The molecule has 2 heterocycles. The number of imide groups is 1. The molecule has 1 aliphatic carbocycles. The summed E-state index contributed by atoms with van der Waals surface area (Å²) < 4.78 is 5.29. The van der Waals surface area contributed by atoms with Crippen molar-refractivity contribution in [2.24, 2.45) is 11.3 Å². The van der Waals surface area contributed by atoms with Gasteiger partial charge < -0.3 is 9.73 Å². The van der Waals surface area contributed by atoms with E-state index in [0.29, 0.717) is 29.9 Å². The molecule has 1 aromatic heterocycles. The Labute approximate surface area is 163 Å². The van der Waals surface area contributed by atoms with Gasteiger partial charge in [0.05, 0.1) is 6.54 Å². The van der Waals surface area contributed by atoms with E-state index in [4.69, 9.17) is 4.42 Å². The molecule has 6 nitrogen and oxygen atoms in total. The fourth-order valence-electron chi connectivity index (χ4n) is 5.29. The lowest BCUT2D eigenvalue weighted by atomic mass is 9.64. The van der Waals surface area contributed by atoms with Crippen molar-refractivity contribution in [1.82, 2.24) is 10.2 Å².